The van der Waals surface area contributed by atoms with Crippen LogP contribution in [-0.2, 0) is 16.2 Å². The number of thiophene rings is 1. The van der Waals surface area contributed by atoms with Crippen LogP contribution in [0.2, 0.25) is 0 Å². The summed E-state index contributed by atoms with van der Waals surface area (Å²) in [4.78, 5) is 7.47. The predicted octanol–water partition coefficient (Wildman–Crippen LogP) is 8.35. The van der Waals surface area contributed by atoms with Gasteiger partial charge >= 0.3 is 0 Å². The molecule has 3 aromatic carbocycles. The van der Waals surface area contributed by atoms with Crippen molar-refractivity contribution < 1.29 is 4.74 Å². The molecular weight excluding hydrogens is 531 g/mol. The molecule has 0 unspecified atom stereocenters. The van der Waals surface area contributed by atoms with Gasteiger partial charge in [0.2, 0.25) is 0 Å². The van der Waals surface area contributed by atoms with E-state index in [1.54, 1.807) is 0 Å². The summed E-state index contributed by atoms with van der Waals surface area (Å²) < 4.78 is 9.52. The minimum atomic E-state index is 0.0569. The summed E-state index contributed by atoms with van der Waals surface area (Å²) in [6.07, 6.45) is 4.28. The van der Waals surface area contributed by atoms with Crippen LogP contribution in [0.4, 0.5) is 17.2 Å². The van der Waals surface area contributed by atoms with E-state index in [0.717, 1.165) is 23.0 Å². The Hall–Kier alpha value is -3.57. The Morgan fingerprint density at radius 1 is 0.857 bits per heavy atom. The van der Waals surface area contributed by atoms with Crippen molar-refractivity contribution in [1.29, 1.82) is 0 Å². The number of ether oxygens (including phenoxy) is 1. The van der Waals surface area contributed by atoms with Crippen LogP contribution in [0, 0.1) is 0 Å². The van der Waals surface area contributed by atoms with Gasteiger partial charge in [-0.3, -0.25) is 4.90 Å². The third-order valence-corrected chi connectivity index (χ3v) is 11.2. The second-order valence-corrected chi connectivity index (χ2v) is 15.8. The number of fused-ring (bicyclic) bond motifs is 7. The van der Waals surface area contributed by atoms with Gasteiger partial charge in [-0.25, -0.2) is 4.98 Å². The van der Waals surface area contributed by atoms with Crippen molar-refractivity contribution >= 4 is 61.0 Å². The minimum absolute atomic E-state index is 0.0569. The lowest BCUT2D eigenvalue weighted by atomic mass is 9.37. The number of pyridine rings is 1. The summed E-state index contributed by atoms with van der Waals surface area (Å²) in [5.74, 6) is 2.89. The van der Waals surface area contributed by atoms with E-state index < -0.39 is 0 Å². The molecule has 0 spiro atoms. The third kappa shape index (κ3) is 3.62. The van der Waals surface area contributed by atoms with Crippen molar-refractivity contribution in [1.82, 2.24) is 4.98 Å². The van der Waals surface area contributed by atoms with E-state index in [9.17, 15) is 0 Å². The fourth-order valence-electron chi connectivity index (χ4n) is 7.39. The van der Waals surface area contributed by atoms with Gasteiger partial charge in [-0.05, 0) is 87.6 Å². The molecule has 0 saturated carbocycles. The van der Waals surface area contributed by atoms with E-state index in [1.165, 1.54) is 61.0 Å². The first-order valence-electron chi connectivity index (χ1n) is 15.2. The molecule has 0 N–H and O–H groups in total. The normalized spacial score (nSPS) is 17.7. The number of nitrogens with zero attached hydrogens (tertiary/aromatic N) is 2. The van der Waals surface area contributed by atoms with Gasteiger partial charge in [0.05, 0.1) is 5.69 Å². The summed E-state index contributed by atoms with van der Waals surface area (Å²) in [6.45, 7) is 16.6. The zero-order valence-electron chi connectivity index (χ0n) is 25.6. The van der Waals surface area contributed by atoms with Crippen LogP contribution < -0.4 is 25.3 Å². The smallest absolute Gasteiger partial charge is 0.271 e. The number of rotatable bonds is 1. The van der Waals surface area contributed by atoms with E-state index in [0.29, 0.717) is 0 Å². The van der Waals surface area contributed by atoms with Crippen LogP contribution in [-0.4, -0.2) is 11.7 Å². The number of anilines is 3. The molecule has 3 aliphatic rings. The van der Waals surface area contributed by atoms with Crippen molar-refractivity contribution in [3.63, 3.8) is 0 Å². The maximum atomic E-state index is 6.83. The molecule has 2 aromatic heterocycles. The second kappa shape index (κ2) is 8.51. The molecule has 0 fully saturated rings. The molecule has 0 amide bonds. The number of para-hydroxylation sites is 1. The molecule has 4 heterocycles. The lowest BCUT2D eigenvalue weighted by Gasteiger charge is -2.44. The third-order valence-electron chi connectivity index (χ3n) is 10.00. The quantitative estimate of drug-likeness (QED) is 0.186. The van der Waals surface area contributed by atoms with Gasteiger partial charge in [0.1, 0.15) is 17.3 Å². The minimum Gasteiger partial charge on any atom is -0.458 e. The highest BCUT2D eigenvalue weighted by atomic mass is 32.1. The van der Waals surface area contributed by atoms with E-state index >= 15 is 0 Å². The van der Waals surface area contributed by atoms with Crippen LogP contribution in [0.3, 0.4) is 0 Å². The van der Waals surface area contributed by atoms with E-state index in [4.69, 9.17) is 9.72 Å². The Bertz CT molecular complexity index is 1910. The van der Waals surface area contributed by atoms with Crippen molar-refractivity contribution in [3.05, 3.63) is 89.6 Å². The fraction of sp³-hybridized carbons (Fsp3) is 0.324. The maximum absolute atomic E-state index is 6.83. The summed E-state index contributed by atoms with van der Waals surface area (Å²) in [5, 5.41) is 1.30. The molecule has 0 radical (unpaired) electrons. The molecule has 0 saturated heterocycles. The Labute approximate surface area is 253 Å². The van der Waals surface area contributed by atoms with E-state index in [-0.39, 0.29) is 23.0 Å². The second-order valence-electron chi connectivity index (χ2n) is 14.7. The zero-order valence-corrected chi connectivity index (χ0v) is 26.4. The highest BCUT2D eigenvalue weighted by Gasteiger charge is 2.47. The summed E-state index contributed by atoms with van der Waals surface area (Å²) in [5.41, 5.74) is 9.39. The maximum Gasteiger partial charge on any atom is 0.271 e. The molecule has 0 bridgehead atoms. The van der Waals surface area contributed by atoms with Crippen LogP contribution >= 0.6 is 11.3 Å². The van der Waals surface area contributed by atoms with Crippen LogP contribution in [0.1, 0.15) is 78.0 Å². The standard InChI is InChI=1S/C37H37BN2OS/c1-35(2,3)22-13-14-30-24(19-22)32-33(42-30)38-27-20-25-26(37(6,7)17-16-36(25,4)5)21-29(27)41-28-15-18-39-34(31(28)38)40(32)23-11-9-8-10-12-23/h8-15,18-21H,16-17H2,1-7H3. The largest absolute Gasteiger partial charge is 0.458 e. The first-order chi connectivity index (χ1) is 19.9. The van der Waals surface area contributed by atoms with Crippen LogP contribution in [0.15, 0.2) is 72.9 Å². The molecule has 0 atom stereocenters. The molecule has 42 heavy (non-hydrogen) atoms. The molecule has 210 valence electrons. The molecular formula is C37H37BN2OS. The monoisotopic (exact) mass is 568 g/mol. The Morgan fingerprint density at radius 2 is 1.57 bits per heavy atom. The summed E-state index contributed by atoms with van der Waals surface area (Å²) in [6, 6.07) is 24.7. The highest BCUT2D eigenvalue weighted by Crippen LogP contribution is 2.49. The van der Waals surface area contributed by atoms with Crippen LogP contribution in [0.25, 0.3) is 10.1 Å². The van der Waals surface area contributed by atoms with Crippen molar-refractivity contribution in [3.8, 4) is 11.5 Å². The van der Waals surface area contributed by atoms with Gasteiger partial charge in [0.15, 0.2) is 0 Å². The number of hydrogen-bond acceptors (Lipinski definition) is 4. The SMILES string of the molecule is CC(C)(C)c1ccc2sc3c(c2c1)N(c1ccccc1)c1nccc2c1B3c1cc3c(cc1O2)C(C)(C)CCC3(C)C. The highest BCUT2D eigenvalue weighted by molar-refractivity contribution is 7.33. The van der Waals surface area contributed by atoms with Crippen molar-refractivity contribution in [2.24, 2.45) is 0 Å². The Balaban J connectivity index is 1.46. The topological polar surface area (TPSA) is 25.4 Å². The number of aromatic nitrogens is 1. The van der Waals surface area contributed by atoms with Gasteiger partial charge < -0.3 is 4.74 Å². The molecule has 2 aliphatic heterocycles. The van der Waals surface area contributed by atoms with Gasteiger partial charge in [0, 0.05) is 32.2 Å². The van der Waals surface area contributed by atoms with Gasteiger partial charge in [-0.2, -0.15) is 0 Å². The Morgan fingerprint density at radius 3 is 2.29 bits per heavy atom. The van der Waals surface area contributed by atoms with Crippen molar-refractivity contribution in [2.45, 2.75) is 77.6 Å². The molecule has 3 nitrogen and oxygen atoms in total. The lowest BCUT2D eigenvalue weighted by molar-refractivity contribution is 0.330. The number of hydrogen-bond donors (Lipinski definition) is 0. The van der Waals surface area contributed by atoms with E-state index in [2.05, 4.69) is 120 Å². The average molecular weight is 569 g/mol. The van der Waals surface area contributed by atoms with Gasteiger partial charge in [-0.15, -0.1) is 11.3 Å². The fourth-order valence-corrected chi connectivity index (χ4v) is 8.68. The molecule has 1 aliphatic carbocycles. The van der Waals surface area contributed by atoms with Crippen molar-refractivity contribution in [2.75, 3.05) is 4.90 Å². The first kappa shape index (κ1) is 26.1. The number of benzene rings is 3. The average Bonchev–Trinajstić information content (AvgIpc) is 3.33. The predicted molar refractivity (Wildman–Crippen MR) is 179 cm³/mol. The van der Waals surface area contributed by atoms with Gasteiger partial charge in [0.25, 0.3) is 6.71 Å². The molecule has 5 heteroatoms. The molecule has 5 aromatic rings. The zero-order chi connectivity index (χ0) is 29.2. The Kier molecular flexibility index (Phi) is 5.28. The van der Waals surface area contributed by atoms with Gasteiger partial charge in [-0.1, -0.05) is 78.8 Å². The summed E-state index contributed by atoms with van der Waals surface area (Å²) in [7, 11) is 0. The first-order valence-corrected chi connectivity index (χ1v) is 16.0. The lowest BCUT2D eigenvalue weighted by Crippen LogP contribution is -2.59. The summed E-state index contributed by atoms with van der Waals surface area (Å²) >= 11 is 1.93. The van der Waals surface area contributed by atoms with E-state index in [1.807, 2.05) is 17.5 Å². The molecule has 8 rings (SSSR count). The van der Waals surface area contributed by atoms with Crippen LogP contribution in [0.5, 0.6) is 11.5 Å².